The maximum Gasteiger partial charge on any atom is 0.335 e. The van der Waals surface area contributed by atoms with Gasteiger partial charge in [-0.25, -0.2) is 4.79 Å². The molecular weight excluding hydrogens is 204 g/mol. The Morgan fingerprint density at radius 3 is 2.50 bits per heavy atom. The molecule has 1 aromatic rings. The Bertz CT molecular complexity index is 375. The van der Waals surface area contributed by atoms with Crippen molar-refractivity contribution in [2.24, 2.45) is 5.73 Å². The Morgan fingerprint density at radius 1 is 1.31 bits per heavy atom. The third-order valence-corrected chi connectivity index (χ3v) is 2.98. The molecule has 1 aromatic carbocycles. The first-order valence-electron chi connectivity index (χ1n) is 5.50. The number of benzene rings is 1. The topological polar surface area (TPSA) is 75.3 Å². The lowest BCUT2D eigenvalue weighted by Gasteiger charge is -2.13. The van der Waals surface area contributed by atoms with E-state index < -0.39 is 5.97 Å². The highest BCUT2D eigenvalue weighted by molar-refractivity contribution is 5.87. The van der Waals surface area contributed by atoms with E-state index in [1.165, 1.54) is 0 Å². The van der Waals surface area contributed by atoms with E-state index in [9.17, 15) is 4.79 Å². The number of hydrogen-bond donors (Lipinski definition) is 3. The van der Waals surface area contributed by atoms with Crippen LogP contribution >= 0.6 is 0 Å². The van der Waals surface area contributed by atoms with Crippen LogP contribution in [0.1, 0.15) is 29.6 Å². The normalized spacial score (nSPS) is 24.3. The van der Waals surface area contributed by atoms with Crippen molar-refractivity contribution < 1.29 is 9.90 Å². The second-order valence-corrected chi connectivity index (χ2v) is 4.30. The summed E-state index contributed by atoms with van der Waals surface area (Å²) in [5, 5.41) is 12.1. The van der Waals surface area contributed by atoms with Gasteiger partial charge in [-0.15, -0.1) is 0 Å². The van der Waals surface area contributed by atoms with E-state index in [0.717, 1.165) is 24.9 Å². The maximum absolute atomic E-state index is 10.7. The average molecular weight is 220 g/mol. The summed E-state index contributed by atoms with van der Waals surface area (Å²) in [5.74, 6) is -0.894. The van der Waals surface area contributed by atoms with Crippen LogP contribution in [0, 0.1) is 0 Å². The van der Waals surface area contributed by atoms with Crippen LogP contribution in [0.4, 0.5) is 5.69 Å². The lowest BCUT2D eigenvalue weighted by Crippen LogP contribution is -2.20. The van der Waals surface area contributed by atoms with Crippen LogP contribution in [0.25, 0.3) is 0 Å². The fraction of sp³-hybridized carbons (Fsp3) is 0.417. The summed E-state index contributed by atoms with van der Waals surface area (Å²) < 4.78 is 0. The number of aromatic carboxylic acids is 1. The van der Waals surface area contributed by atoms with E-state index in [2.05, 4.69) is 5.32 Å². The Morgan fingerprint density at radius 2 is 2.00 bits per heavy atom. The van der Waals surface area contributed by atoms with E-state index in [1.54, 1.807) is 24.3 Å². The molecule has 0 aromatic heterocycles. The van der Waals surface area contributed by atoms with Crippen molar-refractivity contribution in [3.63, 3.8) is 0 Å². The molecule has 0 spiro atoms. The van der Waals surface area contributed by atoms with Gasteiger partial charge in [-0.3, -0.25) is 0 Å². The SMILES string of the molecule is NC1CCC(Nc2ccc(C(=O)O)cc2)C1. The summed E-state index contributed by atoms with van der Waals surface area (Å²) in [4.78, 5) is 10.7. The molecule has 4 nitrogen and oxygen atoms in total. The van der Waals surface area contributed by atoms with Gasteiger partial charge >= 0.3 is 5.97 Å². The van der Waals surface area contributed by atoms with Crippen molar-refractivity contribution in [2.45, 2.75) is 31.3 Å². The molecule has 2 unspecified atom stereocenters. The predicted molar refractivity (Wildman–Crippen MR) is 62.6 cm³/mol. The first kappa shape index (κ1) is 11.0. The molecule has 0 amide bonds. The lowest BCUT2D eigenvalue weighted by molar-refractivity contribution is 0.0697. The van der Waals surface area contributed by atoms with Crippen LogP contribution in [0.2, 0.25) is 0 Å². The molecule has 16 heavy (non-hydrogen) atoms. The molecule has 2 rings (SSSR count). The summed E-state index contributed by atoms with van der Waals surface area (Å²) in [6.45, 7) is 0. The second-order valence-electron chi connectivity index (χ2n) is 4.30. The molecule has 4 N–H and O–H groups in total. The first-order chi connectivity index (χ1) is 7.65. The van der Waals surface area contributed by atoms with Gasteiger partial charge in [0.2, 0.25) is 0 Å². The highest BCUT2D eigenvalue weighted by atomic mass is 16.4. The molecule has 0 aliphatic heterocycles. The van der Waals surface area contributed by atoms with Gasteiger partial charge in [0.1, 0.15) is 0 Å². The van der Waals surface area contributed by atoms with Crippen molar-refractivity contribution in [2.75, 3.05) is 5.32 Å². The molecule has 4 heteroatoms. The van der Waals surface area contributed by atoms with Gasteiger partial charge < -0.3 is 16.2 Å². The second kappa shape index (κ2) is 4.53. The maximum atomic E-state index is 10.7. The van der Waals surface area contributed by atoms with Crippen LogP contribution in [-0.4, -0.2) is 23.2 Å². The molecule has 0 saturated heterocycles. The van der Waals surface area contributed by atoms with Crippen molar-refractivity contribution in [3.8, 4) is 0 Å². The van der Waals surface area contributed by atoms with Crippen molar-refractivity contribution in [1.29, 1.82) is 0 Å². The van der Waals surface area contributed by atoms with Crippen LogP contribution in [-0.2, 0) is 0 Å². The fourth-order valence-electron chi connectivity index (χ4n) is 2.09. The number of nitrogens with two attached hydrogens (primary N) is 1. The lowest BCUT2D eigenvalue weighted by atomic mass is 10.2. The van der Waals surface area contributed by atoms with E-state index in [4.69, 9.17) is 10.8 Å². The molecule has 0 bridgehead atoms. The number of carboxylic acid groups (broad SMARTS) is 1. The minimum Gasteiger partial charge on any atom is -0.478 e. The van der Waals surface area contributed by atoms with Crippen molar-refractivity contribution in [3.05, 3.63) is 29.8 Å². The largest absolute Gasteiger partial charge is 0.478 e. The number of anilines is 1. The minimum atomic E-state index is -0.894. The number of rotatable bonds is 3. The summed E-state index contributed by atoms with van der Waals surface area (Å²) in [7, 11) is 0. The van der Waals surface area contributed by atoms with Crippen LogP contribution < -0.4 is 11.1 Å². The van der Waals surface area contributed by atoms with Gasteiger partial charge in [0, 0.05) is 17.8 Å². The zero-order chi connectivity index (χ0) is 11.5. The predicted octanol–water partition coefficient (Wildman–Crippen LogP) is 1.68. The van der Waals surface area contributed by atoms with Crippen molar-refractivity contribution in [1.82, 2.24) is 0 Å². The molecule has 0 heterocycles. The zero-order valence-electron chi connectivity index (χ0n) is 9.02. The standard InChI is InChI=1S/C12H16N2O2/c13-9-3-6-11(7-9)14-10-4-1-8(2-5-10)12(15)16/h1-2,4-5,9,11,14H,3,6-7,13H2,(H,15,16). The molecule has 1 aliphatic rings. The van der Waals surface area contributed by atoms with E-state index in [0.29, 0.717) is 17.6 Å². The molecule has 1 aliphatic carbocycles. The third kappa shape index (κ3) is 2.52. The van der Waals surface area contributed by atoms with Gasteiger partial charge in [0.25, 0.3) is 0 Å². The van der Waals surface area contributed by atoms with Crippen LogP contribution in [0.5, 0.6) is 0 Å². The summed E-state index contributed by atoms with van der Waals surface area (Å²) in [6, 6.07) is 7.54. The number of hydrogen-bond acceptors (Lipinski definition) is 3. The summed E-state index contributed by atoms with van der Waals surface area (Å²) >= 11 is 0. The van der Waals surface area contributed by atoms with Crippen LogP contribution in [0.3, 0.4) is 0 Å². The fourth-order valence-corrected chi connectivity index (χ4v) is 2.09. The van der Waals surface area contributed by atoms with Gasteiger partial charge in [-0.1, -0.05) is 0 Å². The van der Waals surface area contributed by atoms with Gasteiger partial charge in [0.15, 0.2) is 0 Å². The molecule has 0 radical (unpaired) electrons. The van der Waals surface area contributed by atoms with E-state index >= 15 is 0 Å². The monoisotopic (exact) mass is 220 g/mol. The number of carboxylic acids is 1. The number of carbonyl (C=O) groups is 1. The highest BCUT2D eigenvalue weighted by Crippen LogP contribution is 2.21. The molecule has 2 atom stereocenters. The van der Waals surface area contributed by atoms with E-state index in [1.807, 2.05) is 0 Å². The number of nitrogens with one attached hydrogen (secondary N) is 1. The Balaban J connectivity index is 1.97. The third-order valence-electron chi connectivity index (χ3n) is 2.98. The smallest absolute Gasteiger partial charge is 0.335 e. The minimum absolute atomic E-state index is 0.302. The first-order valence-corrected chi connectivity index (χ1v) is 5.50. The van der Waals surface area contributed by atoms with Crippen molar-refractivity contribution >= 4 is 11.7 Å². The average Bonchev–Trinajstić information content (AvgIpc) is 2.65. The molecule has 1 fully saturated rings. The van der Waals surface area contributed by atoms with Gasteiger partial charge in [0.05, 0.1) is 5.56 Å². The van der Waals surface area contributed by atoms with E-state index in [-0.39, 0.29) is 0 Å². The quantitative estimate of drug-likeness (QED) is 0.724. The summed E-state index contributed by atoms with van der Waals surface area (Å²) in [5.41, 5.74) is 7.10. The molecule has 1 saturated carbocycles. The van der Waals surface area contributed by atoms with Gasteiger partial charge in [-0.2, -0.15) is 0 Å². The summed E-state index contributed by atoms with van der Waals surface area (Å²) in [6.07, 6.45) is 3.13. The highest BCUT2D eigenvalue weighted by Gasteiger charge is 2.21. The van der Waals surface area contributed by atoms with Crippen LogP contribution in [0.15, 0.2) is 24.3 Å². The van der Waals surface area contributed by atoms with Gasteiger partial charge in [-0.05, 0) is 43.5 Å². The Kier molecular flexibility index (Phi) is 3.10. The molecular formula is C12H16N2O2. The Labute approximate surface area is 94.5 Å². The Hall–Kier alpha value is -1.55. The molecule has 86 valence electrons. The zero-order valence-corrected chi connectivity index (χ0v) is 9.02.